The van der Waals surface area contributed by atoms with Crippen LogP contribution in [0.15, 0.2) is 47.4 Å². The molecule has 7 nitrogen and oxygen atoms in total. The Morgan fingerprint density at radius 2 is 2.04 bits per heavy atom. The lowest BCUT2D eigenvalue weighted by atomic mass is 10.2. The number of aromatic hydroxyl groups is 1. The molecule has 24 heavy (non-hydrogen) atoms. The molecule has 1 aromatic carbocycles. The van der Waals surface area contributed by atoms with E-state index in [0.717, 1.165) is 0 Å². The van der Waals surface area contributed by atoms with Crippen LogP contribution in [0.3, 0.4) is 0 Å². The third-order valence-electron chi connectivity index (χ3n) is 3.10. The van der Waals surface area contributed by atoms with Crippen molar-refractivity contribution in [2.45, 2.75) is 6.54 Å². The van der Waals surface area contributed by atoms with Crippen LogP contribution in [0, 0.1) is 14.9 Å². The van der Waals surface area contributed by atoms with Gasteiger partial charge in [-0.3, -0.25) is 24.5 Å². The molecule has 0 aliphatic carbocycles. The van der Waals surface area contributed by atoms with Crippen LogP contribution in [0.2, 0.25) is 0 Å². The van der Waals surface area contributed by atoms with Crippen molar-refractivity contribution in [1.82, 2.24) is 9.55 Å². The molecule has 1 aromatic heterocycles. The molecule has 1 heterocycles. The molecule has 8 heteroatoms. The van der Waals surface area contributed by atoms with Gasteiger partial charge in [-0.2, -0.15) is 0 Å². The van der Waals surface area contributed by atoms with Gasteiger partial charge in [-0.25, -0.2) is 0 Å². The van der Waals surface area contributed by atoms with Gasteiger partial charge in [0.2, 0.25) is 5.88 Å². The number of hydrogen-bond acceptors (Lipinski definition) is 5. The van der Waals surface area contributed by atoms with Crippen molar-refractivity contribution in [1.29, 1.82) is 0 Å². The van der Waals surface area contributed by atoms with Crippen LogP contribution in [0.5, 0.6) is 5.88 Å². The molecule has 0 bridgehead atoms. The zero-order valence-electron chi connectivity index (χ0n) is 12.4. The molecular weight excluding hydrogens is 330 g/mol. The van der Waals surface area contributed by atoms with Gasteiger partial charge in [0.1, 0.15) is 5.56 Å². The summed E-state index contributed by atoms with van der Waals surface area (Å²) in [5.74, 6) is -0.284. The Balaban J connectivity index is 2.39. The fourth-order valence-corrected chi connectivity index (χ4v) is 2.17. The number of nitro groups is 1. The molecule has 0 radical (unpaired) electrons. The highest BCUT2D eigenvalue weighted by Crippen LogP contribution is 2.15. The summed E-state index contributed by atoms with van der Waals surface area (Å²) in [6.45, 7) is 3.81. The molecule has 0 atom stereocenters. The molecule has 0 spiro atoms. The topological polar surface area (TPSA) is 101 Å². The Morgan fingerprint density at radius 1 is 1.38 bits per heavy atom. The van der Waals surface area contributed by atoms with Crippen molar-refractivity contribution >= 4 is 30.1 Å². The molecule has 122 valence electrons. The Morgan fingerprint density at radius 3 is 2.62 bits per heavy atom. The predicted molar refractivity (Wildman–Crippen MR) is 93.3 cm³/mol. The van der Waals surface area contributed by atoms with Gasteiger partial charge < -0.3 is 5.11 Å². The molecule has 0 aliphatic rings. The van der Waals surface area contributed by atoms with Gasteiger partial charge in [0.25, 0.3) is 11.2 Å². The minimum absolute atomic E-state index is 0.00334. The van der Waals surface area contributed by atoms with E-state index in [4.69, 9.17) is 12.2 Å². The average Bonchev–Trinajstić information content (AvgIpc) is 2.55. The smallest absolute Gasteiger partial charge is 0.269 e. The van der Waals surface area contributed by atoms with Crippen LogP contribution in [0.4, 0.5) is 5.69 Å². The maximum atomic E-state index is 11.9. The van der Waals surface area contributed by atoms with E-state index < -0.39 is 10.5 Å². The normalized spacial score (nSPS) is 9.83. The van der Waals surface area contributed by atoms with E-state index in [1.54, 1.807) is 12.1 Å². The number of aromatic nitrogens is 2. The molecule has 2 rings (SSSR count). The van der Waals surface area contributed by atoms with Crippen LogP contribution in [0.25, 0.3) is 12.2 Å². The van der Waals surface area contributed by atoms with E-state index in [9.17, 15) is 20.0 Å². The highest BCUT2D eigenvalue weighted by Gasteiger charge is 2.08. The summed E-state index contributed by atoms with van der Waals surface area (Å²) in [6, 6.07) is 5.82. The van der Waals surface area contributed by atoms with E-state index in [2.05, 4.69) is 17.3 Å². The summed E-state index contributed by atoms with van der Waals surface area (Å²) in [6.07, 6.45) is 4.38. The van der Waals surface area contributed by atoms with E-state index in [-0.39, 0.29) is 28.4 Å². The van der Waals surface area contributed by atoms with Crippen LogP contribution in [-0.4, -0.2) is 19.6 Å². The van der Waals surface area contributed by atoms with E-state index in [0.29, 0.717) is 5.56 Å². The number of rotatable bonds is 5. The second kappa shape index (κ2) is 7.36. The van der Waals surface area contributed by atoms with Crippen LogP contribution in [0.1, 0.15) is 11.1 Å². The Labute approximate surface area is 141 Å². The van der Waals surface area contributed by atoms with Gasteiger partial charge in [-0.05, 0) is 42.1 Å². The third-order valence-corrected chi connectivity index (χ3v) is 3.42. The first-order valence-electron chi connectivity index (χ1n) is 6.78. The number of nitrogens with zero attached hydrogens (tertiary/aromatic N) is 2. The molecule has 0 unspecified atom stereocenters. The Kier molecular flexibility index (Phi) is 5.26. The van der Waals surface area contributed by atoms with Gasteiger partial charge in [0.05, 0.1) is 4.92 Å². The lowest BCUT2D eigenvalue weighted by Crippen LogP contribution is -2.16. The summed E-state index contributed by atoms with van der Waals surface area (Å²) in [5.41, 5.74) is 2.87. The van der Waals surface area contributed by atoms with Crippen molar-refractivity contribution in [3.8, 4) is 5.88 Å². The van der Waals surface area contributed by atoms with Gasteiger partial charge in [0.15, 0.2) is 4.77 Å². The highest BCUT2D eigenvalue weighted by atomic mass is 32.1. The summed E-state index contributed by atoms with van der Waals surface area (Å²) in [7, 11) is 0. The number of benzene rings is 1. The largest absolute Gasteiger partial charge is 0.494 e. The number of aromatic amines is 1. The maximum absolute atomic E-state index is 11.9. The number of allylic oxidation sites excluding steroid dienone is 1. The zero-order chi connectivity index (χ0) is 17.7. The van der Waals surface area contributed by atoms with Crippen molar-refractivity contribution < 1.29 is 10.0 Å². The predicted octanol–water partition coefficient (Wildman–Crippen LogP) is 3.03. The van der Waals surface area contributed by atoms with E-state index in [1.807, 2.05) is 0 Å². The molecule has 0 aliphatic heterocycles. The first-order chi connectivity index (χ1) is 11.4. The minimum Gasteiger partial charge on any atom is -0.494 e. The summed E-state index contributed by atoms with van der Waals surface area (Å²) < 4.78 is 1.41. The van der Waals surface area contributed by atoms with Gasteiger partial charge in [-0.1, -0.05) is 6.08 Å². The van der Waals surface area contributed by atoms with Crippen molar-refractivity contribution in [2.24, 2.45) is 0 Å². The molecule has 2 aromatic rings. The van der Waals surface area contributed by atoms with E-state index >= 15 is 0 Å². The van der Waals surface area contributed by atoms with Gasteiger partial charge in [0, 0.05) is 18.7 Å². The lowest BCUT2D eigenvalue weighted by Gasteiger charge is -2.07. The first kappa shape index (κ1) is 17.1. The summed E-state index contributed by atoms with van der Waals surface area (Å²) in [4.78, 5) is 24.5. The fraction of sp³-hybridized carbons (Fsp3) is 0.0625. The average molecular weight is 343 g/mol. The third kappa shape index (κ3) is 3.75. The second-order valence-electron chi connectivity index (χ2n) is 4.70. The van der Waals surface area contributed by atoms with Crippen molar-refractivity contribution in [3.63, 3.8) is 0 Å². The number of nitrogens with one attached hydrogen (secondary N) is 1. The molecule has 0 amide bonds. The lowest BCUT2D eigenvalue weighted by molar-refractivity contribution is -0.384. The molecule has 0 saturated carbocycles. The summed E-state index contributed by atoms with van der Waals surface area (Å²) in [5, 5.41) is 20.7. The summed E-state index contributed by atoms with van der Waals surface area (Å²) >= 11 is 4.98. The maximum Gasteiger partial charge on any atom is 0.269 e. The van der Waals surface area contributed by atoms with E-state index in [1.165, 1.54) is 34.9 Å². The van der Waals surface area contributed by atoms with Crippen molar-refractivity contribution in [3.05, 3.63) is 79.0 Å². The van der Waals surface area contributed by atoms with Crippen molar-refractivity contribution in [2.75, 3.05) is 0 Å². The first-order valence-corrected chi connectivity index (χ1v) is 7.18. The van der Waals surface area contributed by atoms with Crippen LogP contribution >= 0.6 is 12.2 Å². The second-order valence-corrected chi connectivity index (χ2v) is 5.09. The van der Waals surface area contributed by atoms with Gasteiger partial charge >= 0.3 is 0 Å². The Hall–Kier alpha value is -3.22. The zero-order valence-corrected chi connectivity index (χ0v) is 13.2. The number of hydrogen-bond donors (Lipinski definition) is 2. The number of non-ortho nitro benzene ring substituents is 1. The van der Waals surface area contributed by atoms with Crippen LogP contribution < -0.4 is 5.56 Å². The molecule has 0 saturated heterocycles. The monoisotopic (exact) mass is 343 g/mol. The SMILES string of the molecule is C=CCn1c(O)c(C=C=Cc2ccc([N+](=O)[O-])cc2)c(=O)[nH]c1=S. The quantitative estimate of drug-likeness (QED) is 0.286. The molecule has 2 N–H and O–H groups in total. The molecular formula is C16H13N3O4S. The van der Waals surface area contributed by atoms with Gasteiger partial charge in [-0.15, -0.1) is 12.3 Å². The fourth-order valence-electron chi connectivity index (χ4n) is 1.92. The molecule has 0 fully saturated rings. The number of H-pyrrole nitrogens is 1. The minimum atomic E-state index is -0.539. The Bertz CT molecular complexity index is 964. The number of nitro benzene ring substituents is 1. The standard InChI is InChI=1S/C16H13N3O4S/c1-2-10-18-15(21)13(14(20)17-16(18)24)5-3-4-11-6-8-12(9-7-11)19(22)23/h2,4-9,21H,1,10H2,(H,17,20,24). The highest BCUT2D eigenvalue weighted by molar-refractivity contribution is 7.71. The van der Waals surface area contributed by atoms with Crippen LogP contribution in [-0.2, 0) is 6.54 Å².